The second kappa shape index (κ2) is 4.77. The molecule has 1 aromatic heterocycles. The summed E-state index contributed by atoms with van der Waals surface area (Å²) in [7, 11) is 0. The van der Waals surface area contributed by atoms with Gasteiger partial charge >= 0.3 is 0 Å². The standard InChI is InChI=1S/C13H21N3O/c1-9-4-5-10(7-9)13-15-12(17-16-13)8-11-3-2-6-14-11/h9-11,14H,2-8H2,1H3. The van der Waals surface area contributed by atoms with E-state index in [2.05, 4.69) is 22.4 Å². The van der Waals surface area contributed by atoms with Crippen molar-refractivity contribution in [3.05, 3.63) is 11.7 Å². The number of hydrogen-bond acceptors (Lipinski definition) is 4. The molecule has 0 amide bonds. The largest absolute Gasteiger partial charge is 0.339 e. The van der Waals surface area contributed by atoms with E-state index < -0.39 is 0 Å². The molecule has 3 unspecified atom stereocenters. The maximum atomic E-state index is 5.37. The Balaban J connectivity index is 1.61. The van der Waals surface area contributed by atoms with E-state index in [0.717, 1.165) is 30.6 Å². The van der Waals surface area contributed by atoms with Gasteiger partial charge < -0.3 is 9.84 Å². The molecule has 2 heterocycles. The highest BCUT2D eigenvalue weighted by Gasteiger charge is 2.27. The van der Waals surface area contributed by atoms with Gasteiger partial charge in [-0.3, -0.25) is 0 Å². The summed E-state index contributed by atoms with van der Waals surface area (Å²) in [5, 5.41) is 7.62. The second-order valence-electron chi connectivity index (χ2n) is 5.66. The van der Waals surface area contributed by atoms with Crippen molar-refractivity contribution >= 4 is 0 Å². The predicted molar refractivity (Wildman–Crippen MR) is 64.8 cm³/mol. The number of nitrogens with zero attached hydrogens (tertiary/aromatic N) is 2. The molecule has 1 aromatic rings. The lowest BCUT2D eigenvalue weighted by atomic mass is 10.1. The summed E-state index contributed by atoms with van der Waals surface area (Å²) < 4.78 is 5.37. The van der Waals surface area contributed by atoms with Crippen molar-refractivity contribution in [1.82, 2.24) is 15.5 Å². The molecule has 94 valence electrons. The molecule has 0 aromatic carbocycles. The zero-order valence-electron chi connectivity index (χ0n) is 10.5. The van der Waals surface area contributed by atoms with Crippen LogP contribution in [0.1, 0.15) is 56.7 Å². The fourth-order valence-corrected chi connectivity index (χ4v) is 3.10. The van der Waals surface area contributed by atoms with Crippen molar-refractivity contribution in [2.75, 3.05) is 6.54 Å². The average Bonchev–Trinajstić information content (AvgIpc) is 2.99. The Morgan fingerprint density at radius 3 is 3.00 bits per heavy atom. The van der Waals surface area contributed by atoms with Crippen molar-refractivity contribution in [2.45, 2.75) is 57.4 Å². The molecule has 4 heteroatoms. The van der Waals surface area contributed by atoms with E-state index in [9.17, 15) is 0 Å². The van der Waals surface area contributed by atoms with Crippen LogP contribution in [-0.2, 0) is 6.42 Å². The molecular formula is C13H21N3O. The fourth-order valence-electron chi connectivity index (χ4n) is 3.10. The van der Waals surface area contributed by atoms with Crippen molar-refractivity contribution in [1.29, 1.82) is 0 Å². The molecule has 3 atom stereocenters. The van der Waals surface area contributed by atoms with Gasteiger partial charge in [0.05, 0.1) is 0 Å². The summed E-state index contributed by atoms with van der Waals surface area (Å²) in [6.07, 6.45) is 7.15. The van der Waals surface area contributed by atoms with Crippen molar-refractivity contribution in [3.63, 3.8) is 0 Å². The Bertz CT molecular complexity index is 370. The first-order valence-electron chi connectivity index (χ1n) is 6.87. The zero-order valence-corrected chi connectivity index (χ0v) is 10.5. The summed E-state index contributed by atoms with van der Waals surface area (Å²) >= 11 is 0. The molecule has 17 heavy (non-hydrogen) atoms. The van der Waals surface area contributed by atoms with Gasteiger partial charge in [-0.05, 0) is 44.6 Å². The van der Waals surface area contributed by atoms with Crippen molar-refractivity contribution < 1.29 is 4.52 Å². The van der Waals surface area contributed by atoms with Crippen LogP contribution in [0.5, 0.6) is 0 Å². The van der Waals surface area contributed by atoms with Crippen LogP contribution < -0.4 is 5.32 Å². The lowest BCUT2D eigenvalue weighted by Gasteiger charge is -2.05. The lowest BCUT2D eigenvalue weighted by Crippen LogP contribution is -2.23. The maximum absolute atomic E-state index is 5.37. The zero-order chi connectivity index (χ0) is 11.7. The normalized spacial score (nSPS) is 33.4. The summed E-state index contributed by atoms with van der Waals surface area (Å²) in [5.74, 6) is 3.12. The van der Waals surface area contributed by atoms with E-state index in [1.165, 1.54) is 32.1 Å². The molecule has 0 radical (unpaired) electrons. The van der Waals surface area contributed by atoms with E-state index in [1.54, 1.807) is 0 Å². The lowest BCUT2D eigenvalue weighted by molar-refractivity contribution is 0.356. The summed E-state index contributed by atoms with van der Waals surface area (Å²) in [4.78, 5) is 4.57. The van der Waals surface area contributed by atoms with Gasteiger partial charge in [-0.25, -0.2) is 0 Å². The van der Waals surface area contributed by atoms with Crippen LogP contribution in [-0.4, -0.2) is 22.7 Å². The van der Waals surface area contributed by atoms with Crippen LogP contribution in [0.15, 0.2) is 4.52 Å². The van der Waals surface area contributed by atoms with Gasteiger partial charge in [0, 0.05) is 18.4 Å². The number of hydrogen-bond donors (Lipinski definition) is 1. The molecule has 0 bridgehead atoms. The third-order valence-electron chi connectivity index (χ3n) is 4.13. The minimum absolute atomic E-state index is 0.541. The molecule has 4 nitrogen and oxygen atoms in total. The monoisotopic (exact) mass is 235 g/mol. The van der Waals surface area contributed by atoms with Gasteiger partial charge in [0.15, 0.2) is 5.82 Å². The highest BCUT2D eigenvalue weighted by atomic mass is 16.5. The van der Waals surface area contributed by atoms with Gasteiger partial charge in [0.1, 0.15) is 0 Å². The number of nitrogens with one attached hydrogen (secondary N) is 1. The van der Waals surface area contributed by atoms with E-state index in [4.69, 9.17) is 4.52 Å². The van der Waals surface area contributed by atoms with Crippen LogP contribution in [0, 0.1) is 5.92 Å². The predicted octanol–water partition coefficient (Wildman–Crippen LogP) is 2.27. The summed E-state index contributed by atoms with van der Waals surface area (Å²) in [6, 6.07) is 0.547. The minimum Gasteiger partial charge on any atom is -0.339 e. The third-order valence-corrected chi connectivity index (χ3v) is 4.13. The Labute approximate surface area is 102 Å². The number of rotatable bonds is 3. The third kappa shape index (κ3) is 2.51. The molecule has 1 N–H and O–H groups in total. The van der Waals surface area contributed by atoms with E-state index >= 15 is 0 Å². The van der Waals surface area contributed by atoms with Gasteiger partial charge in [-0.1, -0.05) is 12.1 Å². The first-order valence-corrected chi connectivity index (χ1v) is 6.87. The minimum atomic E-state index is 0.541. The van der Waals surface area contributed by atoms with Crippen molar-refractivity contribution in [3.8, 4) is 0 Å². The van der Waals surface area contributed by atoms with Crippen LogP contribution in [0.4, 0.5) is 0 Å². The van der Waals surface area contributed by atoms with Gasteiger partial charge in [0.25, 0.3) is 0 Å². The van der Waals surface area contributed by atoms with Crippen LogP contribution in [0.25, 0.3) is 0 Å². The molecule has 1 aliphatic heterocycles. The first kappa shape index (κ1) is 11.2. The van der Waals surface area contributed by atoms with Gasteiger partial charge in [0.2, 0.25) is 5.89 Å². The molecule has 1 saturated heterocycles. The molecule has 2 aliphatic rings. The molecular weight excluding hydrogens is 214 g/mol. The Morgan fingerprint density at radius 1 is 1.35 bits per heavy atom. The fraction of sp³-hybridized carbons (Fsp3) is 0.846. The smallest absolute Gasteiger partial charge is 0.228 e. The summed E-state index contributed by atoms with van der Waals surface area (Å²) in [5.41, 5.74) is 0. The Kier molecular flexibility index (Phi) is 3.14. The maximum Gasteiger partial charge on any atom is 0.228 e. The topological polar surface area (TPSA) is 51.0 Å². The second-order valence-corrected chi connectivity index (χ2v) is 5.66. The van der Waals surface area contributed by atoms with Crippen LogP contribution >= 0.6 is 0 Å². The Morgan fingerprint density at radius 2 is 2.29 bits per heavy atom. The quantitative estimate of drug-likeness (QED) is 0.873. The van der Waals surface area contributed by atoms with Crippen LogP contribution in [0.2, 0.25) is 0 Å². The number of aromatic nitrogens is 2. The van der Waals surface area contributed by atoms with Gasteiger partial charge in [-0.2, -0.15) is 4.98 Å². The van der Waals surface area contributed by atoms with Gasteiger partial charge in [-0.15, -0.1) is 0 Å². The molecule has 2 fully saturated rings. The molecule has 3 rings (SSSR count). The SMILES string of the molecule is CC1CCC(c2noc(CC3CCCN3)n2)C1. The van der Waals surface area contributed by atoms with E-state index in [1.807, 2.05) is 0 Å². The highest BCUT2D eigenvalue weighted by Crippen LogP contribution is 2.36. The first-order chi connectivity index (χ1) is 8.31. The molecule has 0 spiro atoms. The molecule has 1 aliphatic carbocycles. The van der Waals surface area contributed by atoms with Crippen LogP contribution in [0.3, 0.4) is 0 Å². The highest BCUT2D eigenvalue weighted by molar-refractivity contribution is 5.00. The molecule has 1 saturated carbocycles. The average molecular weight is 235 g/mol. The van der Waals surface area contributed by atoms with Crippen molar-refractivity contribution in [2.24, 2.45) is 5.92 Å². The van der Waals surface area contributed by atoms with E-state index in [-0.39, 0.29) is 0 Å². The Hall–Kier alpha value is -0.900. The van der Waals surface area contributed by atoms with E-state index in [0.29, 0.717) is 12.0 Å². The summed E-state index contributed by atoms with van der Waals surface area (Å²) in [6.45, 7) is 3.44.